The number of thiazole rings is 1. The number of rotatable bonds is 7. The van der Waals surface area contributed by atoms with E-state index in [9.17, 15) is 4.79 Å². The highest BCUT2D eigenvalue weighted by atomic mass is 32.1. The van der Waals surface area contributed by atoms with Crippen molar-refractivity contribution in [1.82, 2.24) is 24.4 Å². The Kier molecular flexibility index (Phi) is 5.99. The van der Waals surface area contributed by atoms with Gasteiger partial charge in [0.05, 0.1) is 15.1 Å². The van der Waals surface area contributed by atoms with Crippen molar-refractivity contribution in [2.45, 2.75) is 6.92 Å². The number of nitrogens with zero attached hydrogens (tertiary/aromatic N) is 5. The summed E-state index contributed by atoms with van der Waals surface area (Å²) in [6.45, 7) is 6.17. The second-order valence-corrected chi connectivity index (χ2v) is 10.3. The maximum atomic E-state index is 13.2. The predicted octanol–water partition coefficient (Wildman–Crippen LogP) is 5.15. The van der Waals surface area contributed by atoms with E-state index in [1.165, 1.54) is 15.9 Å². The van der Waals surface area contributed by atoms with Crippen LogP contribution in [0.15, 0.2) is 89.7 Å². The van der Waals surface area contributed by atoms with Gasteiger partial charge in [0.1, 0.15) is 18.1 Å². The van der Waals surface area contributed by atoms with E-state index in [4.69, 9.17) is 9.84 Å². The van der Waals surface area contributed by atoms with Crippen molar-refractivity contribution in [3.63, 3.8) is 0 Å². The monoisotopic (exact) mass is 523 g/mol. The van der Waals surface area contributed by atoms with E-state index in [-0.39, 0.29) is 5.56 Å². The minimum atomic E-state index is -0.196. The van der Waals surface area contributed by atoms with Gasteiger partial charge in [-0.3, -0.25) is 4.79 Å². The number of hydrogen-bond donors (Lipinski definition) is 0. The van der Waals surface area contributed by atoms with Crippen LogP contribution < -0.4 is 14.8 Å². The van der Waals surface area contributed by atoms with Crippen LogP contribution >= 0.6 is 22.7 Å². The van der Waals surface area contributed by atoms with E-state index in [1.807, 2.05) is 89.9 Å². The van der Waals surface area contributed by atoms with Crippen molar-refractivity contribution >= 4 is 33.7 Å². The van der Waals surface area contributed by atoms with Crippen LogP contribution in [0.4, 0.5) is 0 Å². The summed E-state index contributed by atoms with van der Waals surface area (Å²) < 4.78 is 9.45. The fourth-order valence-electron chi connectivity index (χ4n) is 4.05. The summed E-state index contributed by atoms with van der Waals surface area (Å²) >= 11 is 2.87. The minimum absolute atomic E-state index is 0.196. The Bertz CT molecular complexity index is 1830. The van der Waals surface area contributed by atoms with E-state index in [0.29, 0.717) is 21.9 Å². The van der Waals surface area contributed by atoms with E-state index in [2.05, 4.69) is 16.7 Å². The van der Waals surface area contributed by atoms with Gasteiger partial charge in [-0.05, 0) is 60.3 Å². The van der Waals surface area contributed by atoms with Crippen LogP contribution in [0, 0.1) is 6.92 Å². The smallest absolute Gasteiger partial charge is 0.291 e. The van der Waals surface area contributed by atoms with Crippen LogP contribution in [-0.2, 0) is 0 Å². The Morgan fingerprint density at radius 1 is 1.08 bits per heavy atom. The molecule has 0 bridgehead atoms. The van der Waals surface area contributed by atoms with Gasteiger partial charge in [0.25, 0.3) is 5.56 Å². The molecule has 0 N–H and O–H groups in total. The van der Waals surface area contributed by atoms with Gasteiger partial charge in [-0.1, -0.05) is 48.3 Å². The van der Waals surface area contributed by atoms with E-state index in [1.54, 1.807) is 17.4 Å². The quantitative estimate of drug-likeness (QED) is 0.271. The number of aryl methyl sites for hydroxylation is 1. The zero-order valence-electron chi connectivity index (χ0n) is 19.9. The first-order chi connectivity index (χ1) is 18.1. The Hall–Kier alpha value is -4.34. The molecule has 2 aromatic carbocycles. The largest absolute Gasteiger partial charge is 0.490 e. The van der Waals surface area contributed by atoms with Gasteiger partial charge < -0.3 is 4.74 Å². The molecule has 6 rings (SSSR count). The molecule has 0 aliphatic rings. The van der Waals surface area contributed by atoms with Gasteiger partial charge >= 0.3 is 0 Å². The van der Waals surface area contributed by atoms with E-state index < -0.39 is 0 Å². The Labute approximate surface area is 220 Å². The average molecular weight is 524 g/mol. The molecule has 0 aliphatic carbocycles. The van der Waals surface area contributed by atoms with Gasteiger partial charge in [-0.15, -0.1) is 16.4 Å². The predicted molar refractivity (Wildman–Crippen MR) is 149 cm³/mol. The first-order valence-electron chi connectivity index (χ1n) is 11.6. The zero-order chi connectivity index (χ0) is 25.4. The molecular weight excluding hydrogens is 502 g/mol. The normalized spacial score (nSPS) is 11.9. The van der Waals surface area contributed by atoms with Crippen LogP contribution in [0.3, 0.4) is 0 Å². The van der Waals surface area contributed by atoms with Gasteiger partial charge in [-0.25, -0.2) is 4.68 Å². The fourth-order valence-corrected chi connectivity index (χ4v) is 5.60. The third kappa shape index (κ3) is 4.39. The number of benzene rings is 2. The lowest BCUT2D eigenvalue weighted by Gasteiger charge is -2.08. The van der Waals surface area contributed by atoms with Crippen molar-refractivity contribution in [3.8, 4) is 33.4 Å². The van der Waals surface area contributed by atoms with Gasteiger partial charge in [0, 0.05) is 17.3 Å². The summed E-state index contributed by atoms with van der Waals surface area (Å²) in [7, 11) is 0. The number of para-hydroxylation sites is 1. The number of fused-ring (bicyclic) bond motifs is 1. The Morgan fingerprint density at radius 2 is 1.95 bits per heavy atom. The molecule has 0 radical (unpaired) electrons. The fraction of sp³-hybridized carbons (Fsp3) is 0.0714. The van der Waals surface area contributed by atoms with Crippen LogP contribution in [0.25, 0.3) is 38.7 Å². The van der Waals surface area contributed by atoms with Crippen LogP contribution in [0.1, 0.15) is 11.1 Å². The number of aromatic nitrogens is 5. The molecule has 7 nitrogen and oxygen atoms in total. The number of thiophene rings is 1. The SMILES string of the molecule is C=CCOc1ccc(-c2nn(-c3ccccc3)cc2/C=c2\sc3nc(-c4cccs4)nn3c2=O)c(C)c1. The molecule has 182 valence electrons. The standard InChI is InChI=1S/C28H21N5O2S2/c1-3-13-35-21-11-12-22(18(2)15-21)25-19(17-32(30-25)20-8-5-4-6-9-20)16-24-27(34)33-28(37-24)29-26(31-33)23-10-7-14-36-23/h3-12,14-17H,1,13H2,2H3/b24-16-. The molecule has 4 heterocycles. The van der Waals surface area contributed by atoms with Crippen LogP contribution in [0.2, 0.25) is 0 Å². The lowest BCUT2D eigenvalue weighted by molar-refractivity contribution is 0.363. The summed E-state index contributed by atoms with van der Waals surface area (Å²) in [5.41, 5.74) is 4.30. The van der Waals surface area contributed by atoms with Crippen molar-refractivity contribution < 1.29 is 4.74 Å². The second kappa shape index (κ2) is 9.61. The average Bonchev–Trinajstić information content (AvgIpc) is 3.70. The first-order valence-corrected chi connectivity index (χ1v) is 13.3. The molecule has 9 heteroatoms. The lowest BCUT2D eigenvalue weighted by atomic mass is 10.0. The molecule has 0 saturated carbocycles. The molecule has 6 aromatic rings. The first kappa shape index (κ1) is 23.1. The van der Waals surface area contributed by atoms with Crippen molar-refractivity contribution in [3.05, 3.63) is 111 Å². The zero-order valence-corrected chi connectivity index (χ0v) is 21.5. The van der Waals surface area contributed by atoms with Crippen LogP contribution in [0.5, 0.6) is 5.75 Å². The molecule has 0 saturated heterocycles. The molecule has 37 heavy (non-hydrogen) atoms. The summed E-state index contributed by atoms with van der Waals surface area (Å²) in [6, 6.07) is 19.7. The minimum Gasteiger partial charge on any atom is -0.490 e. The maximum Gasteiger partial charge on any atom is 0.291 e. The molecule has 0 amide bonds. The highest BCUT2D eigenvalue weighted by Crippen LogP contribution is 2.30. The Morgan fingerprint density at radius 3 is 2.68 bits per heavy atom. The van der Waals surface area contributed by atoms with Gasteiger partial charge in [0.2, 0.25) is 4.96 Å². The highest BCUT2D eigenvalue weighted by molar-refractivity contribution is 7.15. The van der Waals surface area contributed by atoms with E-state index >= 15 is 0 Å². The van der Waals surface area contributed by atoms with Gasteiger partial charge in [0.15, 0.2) is 5.82 Å². The molecule has 4 aromatic heterocycles. The molecule has 0 atom stereocenters. The molecule has 0 fully saturated rings. The van der Waals surface area contributed by atoms with E-state index in [0.717, 1.165) is 38.7 Å². The maximum absolute atomic E-state index is 13.2. The summed E-state index contributed by atoms with van der Waals surface area (Å²) in [5.74, 6) is 1.33. The summed E-state index contributed by atoms with van der Waals surface area (Å²) in [6.07, 6.45) is 5.53. The molecule has 0 spiro atoms. The third-order valence-corrected chi connectivity index (χ3v) is 7.62. The molecule has 0 unspecified atom stereocenters. The molecule has 0 aliphatic heterocycles. The Balaban J connectivity index is 1.48. The number of ether oxygens (including phenoxy) is 1. The van der Waals surface area contributed by atoms with Crippen molar-refractivity contribution in [2.75, 3.05) is 6.61 Å². The second-order valence-electron chi connectivity index (χ2n) is 8.31. The van der Waals surface area contributed by atoms with Crippen molar-refractivity contribution in [2.24, 2.45) is 0 Å². The summed E-state index contributed by atoms with van der Waals surface area (Å²) in [4.78, 5) is 19.3. The lowest BCUT2D eigenvalue weighted by Crippen LogP contribution is -2.23. The highest BCUT2D eigenvalue weighted by Gasteiger charge is 2.16. The van der Waals surface area contributed by atoms with Crippen LogP contribution in [-0.4, -0.2) is 31.0 Å². The van der Waals surface area contributed by atoms with Crippen molar-refractivity contribution in [1.29, 1.82) is 0 Å². The third-order valence-electron chi connectivity index (χ3n) is 5.79. The topological polar surface area (TPSA) is 74.3 Å². The molecular formula is C28H21N5O2S2. The van der Waals surface area contributed by atoms with Gasteiger partial charge in [-0.2, -0.15) is 14.6 Å². The summed E-state index contributed by atoms with van der Waals surface area (Å²) in [5, 5.41) is 11.3. The number of hydrogen-bond acceptors (Lipinski definition) is 7.